The van der Waals surface area contributed by atoms with Gasteiger partial charge in [-0.3, -0.25) is 4.79 Å². The smallest absolute Gasteiger partial charge is 0.273 e. The molecular weight excluding hydrogens is 254 g/mol. The van der Waals surface area contributed by atoms with Crippen molar-refractivity contribution in [2.45, 2.75) is 45.1 Å². The second kappa shape index (κ2) is 5.91. The van der Waals surface area contributed by atoms with Crippen molar-refractivity contribution < 1.29 is 4.79 Å². The molecule has 2 heterocycles. The largest absolute Gasteiger partial charge is 0.350 e. The lowest BCUT2D eigenvalue weighted by Gasteiger charge is -2.23. The van der Waals surface area contributed by atoms with E-state index in [1.165, 1.54) is 38.6 Å². The summed E-state index contributed by atoms with van der Waals surface area (Å²) in [6.07, 6.45) is 6.67. The lowest BCUT2D eigenvalue weighted by atomic mass is 10.1. The molecule has 1 atom stereocenters. The molecule has 1 aliphatic heterocycles. The van der Waals surface area contributed by atoms with Gasteiger partial charge in [0.15, 0.2) is 5.69 Å². The molecule has 0 unspecified atom stereocenters. The van der Waals surface area contributed by atoms with Crippen LogP contribution in [0.25, 0.3) is 0 Å². The zero-order valence-electron chi connectivity index (χ0n) is 12.1. The Morgan fingerprint density at radius 2 is 2.15 bits per heavy atom. The minimum atomic E-state index is -0.115. The number of aromatic nitrogens is 3. The van der Waals surface area contributed by atoms with Crippen LogP contribution in [0.5, 0.6) is 0 Å². The standard InChI is InChI=1S/C14H23N5O/c1-10-13(17-18-16-10)14(20)15-8-11-6-7-19(9-11)12-4-2-3-5-12/h11-12H,2-9H2,1H3,(H,15,20)(H,16,17,18)/t11-/m0/s1. The van der Waals surface area contributed by atoms with Crippen molar-refractivity contribution in [2.24, 2.45) is 5.92 Å². The zero-order valence-corrected chi connectivity index (χ0v) is 12.1. The van der Waals surface area contributed by atoms with Crippen molar-refractivity contribution in [3.8, 4) is 0 Å². The molecule has 3 rings (SSSR count). The van der Waals surface area contributed by atoms with Crippen molar-refractivity contribution in [1.82, 2.24) is 25.6 Å². The SMILES string of the molecule is Cc1n[nH]nc1C(=O)NC[C@@H]1CCN(C2CCCC2)C1. The average molecular weight is 277 g/mol. The second-order valence-corrected chi connectivity index (χ2v) is 6.06. The van der Waals surface area contributed by atoms with Gasteiger partial charge >= 0.3 is 0 Å². The minimum Gasteiger partial charge on any atom is -0.350 e. The first-order valence-corrected chi connectivity index (χ1v) is 7.63. The Morgan fingerprint density at radius 3 is 2.85 bits per heavy atom. The summed E-state index contributed by atoms with van der Waals surface area (Å²) in [5, 5.41) is 13.2. The molecule has 2 aliphatic rings. The average Bonchev–Trinajstić information content (AvgIpc) is 3.16. The Morgan fingerprint density at radius 1 is 1.35 bits per heavy atom. The van der Waals surface area contributed by atoms with Gasteiger partial charge in [0.2, 0.25) is 0 Å². The first kappa shape index (κ1) is 13.5. The predicted molar refractivity (Wildman–Crippen MR) is 75.4 cm³/mol. The van der Waals surface area contributed by atoms with Crippen LogP contribution in [0.3, 0.4) is 0 Å². The van der Waals surface area contributed by atoms with E-state index < -0.39 is 0 Å². The molecule has 6 nitrogen and oxygen atoms in total. The molecule has 2 N–H and O–H groups in total. The Balaban J connectivity index is 1.45. The van der Waals surface area contributed by atoms with Gasteiger partial charge in [-0.25, -0.2) is 0 Å². The van der Waals surface area contributed by atoms with Crippen molar-refractivity contribution in [3.63, 3.8) is 0 Å². The van der Waals surface area contributed by atoms with Crippen LogP contribution in [0.2, 0.25) is 0 Å². The molecule has 0 bridgehead atoms. The highest BCUT2D eigenvalue weighted by molar-refractivity contribution is 5.93. The highest BCUT2D eigenvalue weighted by Gasteiger charge is 2.30. The number of nitrogens with zero attached hydrogens (tertiary/aromatic N) is 3. The van der Waals surface area contributed by atoms with Crippen LogP contribution in [-0.4, -0.2) is 51.9 Å². The predicted octanol–water partition coefficient (Wildman–Crippen LogP) is 1.11. The Hall–Kier alpha value is -1.43. The number of aryl methyl sites for hydroxylation is 1. The molecule has 2 fully saturated rings. The number of hydrogen-bond donors (Lipinski definition) is 2. The summed E-state index contributed by atoms with van der Waals surface area (Å²) in [6.45, 7) is 4.85. The molecule has 1 saturated heterocycles. The summed E-state index contributed by atoms with van der Waals surface area (Å²) in [5.74, 6) is 0.460. The minimum absolute atomic E-state index is 0.115. The van der Waals surface area contributed by atoms with Crippen LogP contribution >= 0.6 is 0 Å². The summed E-state index contributed by atoms with van der Waals surface area (Å²) < 4.78 is 0. The van der Waals surface area contributed by atoms with E-state index in [9.17, 15) is 4.79 Å². The lowest BCUT2D eigenvalue weighted by molar-refractivity contribution is 0.0941. The third kappa shape index (κ3) is 2.85. The van der Waals surface area contributed by atoms with E-state index in [0.29, 0.717) is 17.3 Å². The van der Waals surface area contributed by atoms with E-state index in [4.69, 9.17) is 0 Å². The highest BCUT2D eigenvalue weighted by atomic mass is 16.2. The van der Waals surface area contributed by atoms with Crippen LogP contribution in [0.1, 0.15) is 48.3 Å². The van der Waals surface area contributed by atoms with Crippen LogP contribution in [0, 0.1) is 12.8 Å². The molecule has 6 heteroatoms. The van der Waals surface area contributed by atoms with Gasteiger partial charge in [-0.15, -0.1) is 0 Å². The molecule has 1 aromatic rings. The number of hydrogen-bond acceptors (Lipinski definition) is 4. The molecule has 110 valence electrons. The number of H-pyrrole nitrogens is 1. The molecular formula is C14H23N5O. The van der Waals surface area contributed by atoms with E-state index >= 15 is 0 Å². The summed E-state index contributed by atoms with van der Waals surface area (Å²) >= 11 is 0. The van der Waals surface area contributed by atoms with E-state index in [1.54, 1.807) is 6.92 Å². The van der Waals surface area contributed by atoms with Crippen LogP contribution in [-0.2, 0) is 0 Å². The van der Waals surface area contributed by atoms with Crippen molar-refractivity contribution in [3.05, 3.63) is 11.4 Å². The first-order chi connectivity index (χ1) is 9.74. The molecule has 20 heavy (non-hydrogen) atoms. The van der Waals surface area contributed by atoms with Crippen LogP contribution < -0.4 is 5.32 Å². The molecule has 1 aliphatic carbocycles. The van der Waals surface area contributed by atoms with Gasteiger partial charge in [0, 0.05) is 19.1 Å². The Labute approximate surface area is 119 Å². The van der Waals surface area contributed by atoms with Crippen LogP contribution in [0.4, 0.5) is 0 Å². The Kier molecular flexibility index (Phi) is 4.00. The fourth-order valence-electron chi connectivity index (χ4n) is 3.45. The number of rotatable bonds is 4. The zero-order chi connectivity index (χ0) is 13.9. The summed E-state index contributed by atoms with van der Waals surface area (Å²) in [5.41, 5.74) is 1.07. The normalized spacial score (nSPS) is 24.4. The maximum Gasteiger partial charge on any atom is 0.273 e. The summed E-state index contributed by atoms with van der Waals surface area (Å²) in [6, 6.07) is 0.800. The van der Waals surface area contributed by atoms with Gasteiger partial charge in [0.05, 0.1) is 5.69 Å². The third-order valence-corrected chi connectivity index (χ3v) is 4.65. The summed E-state index contributed by atoms with van der Waals surface area (Å²) in [7, 11) is 0. The first-order valence-electron chi connectivity index (χ1n) is 7.63. The van der Waals surface area contributed by atoms with Crippen molar-refractivity contribution in [1.29, 1.82) is 0 Å². The molecule has 1 saturated carbocycles. The third-order valence-electron chi connectivity index (χ3n) is 4.65. The molecule has 0 aromatic carbocycles. The van der Waals surface area contributed by atoms with Gasteiger partial charge in [-0.05, 0) is 38.6 Å². The van der Waals surface area contributed by atoms with Crippen molar-refractivity contribution in [2.75, 3.05) is 19.6 Å². The number of carbonyl (C=O) groups is 1. The van der Waals surface area contributed by atoms with Gasteiger partial charge in [-0.2, -0.15) is 15.4 Å². The molecule has 1 aromatic heterocycles. The van der Waals surface area contributed by atoms with E-state index in [-0.39, 0.29) is 5.91 Å². The highest BCUT2D eigenvalue weighted by Crippen LogP contribution is 2.28. The lowest BCUT2D eigenvalue weighted by Crippen LogP contribution is -2.34. The van der Waals surface area contributed by atoms with Crippen molar-refractivity contribution >= 4 is 5.91 Å². The second-order valence-electron chi connectivity index (χ2n) is 6.06. The number of carbonyl (C=O) groups excluding carboxylic acids is 1. The number of amides is 1. The summed E-state index contributed by atoms with van der Waals surface area (Å²) in [4.78, 5) is 14.6. The quantitative estimate of drug-likeness (QED) is 0.864. The van der Waals surface area contributed by atoms with Gasteiger partial charge in [0.25, 0.3) is 5.91 Å². The van der Waals surface area contributed by atoms with E-state index in [2.05, 4.69) is 25.6 Å². The maximum absolute atomic E-state index is 12.0. The van der Waals surface area contributed by atoms with E-state index in [0.717, 1.165) is 19.1 Å². The van der Waals surface area contributed by atoms with Crippen LogP contribution in [0.15, 0.2) is 0 Å². The number of nitrogens with one attached hydrogen (secondary N) is 2. The van der Waals surface area contributed by atoms with Gasteiger partial charge < -0.3 is 10.2 Å². The molecule has 0 spiro atoms. The maximum atomic E-state index is 12.0. The van der Waals surface area contributed by atoms with Gasteiger partial charge in [-0.1, -0.05) is 12.8 Å². The van der Waals surface area contributed by atoms with E-state index in [1.807, 2.05) is 0 Å². The number of likely N-dealkylation sites (tertiary alicyclic amines) is 1. The fourth-order valence-corrected chi connectivity index (χ4v) is 3.45. The molecule has 1 amide bonds. The van der Waals surface area contributed by atoms with Gasteiger partial charge in [0.1, 0.15) is 0 Å². The fraction of sp³-hybridized carbons (Fsp3) is 0.786. The Bertz CT molecular complexity index is 466. The topological polar surface area (TPSA) is 73.9 Å². The monoisotopic (exact) mass is 277 g/mol. The molecule has 0 radical (unpaired) electrons. The number of aromatic amines is 1.